The zero-order chi connectivity index (χ0) is 31.7. The SMILES string of the molecule is COCC1CCCN(C2CCN(C(=O)c3ccc(C(=O)N(C)Cc4c(F)cccc4F)cc3)CC2)C1.O=C(O)C(F)(F)F. The van der Waals surface area contributed by atoms with Gasteiger partial charge in [0.25, 0.3) is 11.8 Å². The van der Waals surface area contributed by atoms with E-state index in [4.69, 9.17) is 14.6 Å². The molecule has 13 heteroatoms. The van der Waals surface area contributed by atoms with Gasteiger partial charge < -0.3 is 19.6 Å². The normalized spacial score (nSPS) is 18.0. The lowest BCUT2D eigenvalue weighted by atomic mass is 9.94. The standard InChI is InChI=1S/C28H35F2N3O3.C2HF3O2/c1-31(18-24-25(29)6-3-7-26(24)30)27(34)21-8-10-22(11-9-21)28(35)32-15-12-23(13-16-32)33-14-4-5-20(17-33)19-36-2;3-2(4,5)1(6)7/h3,6-11,20,23H,4-5,12-19H2,1-2H3;(H,6,7). The van der Waals surface area contributed by atoms with Gasteiger partial charge in [-0.25, -0.2) is 13.6 Å². The molecule has 2 heterocycles. The predicted octanol–water partition coefficient (Wildman–Crippen LogP) is 4.83. The first-order valence-corrected chi connectivity index (χ1v) is 13.9. The van der Waals surface area contributed by atoms with Gasteiger partial charge in [-0.05, 0) is 74.5 Å². The number of likely N-dealkylation sites (tertiary alicyclic amines) is 2. The third kappa shape index (κ3) is 9.45. The maximum atomic E-state index is 13.9. The van der Waals surface area contributed by atoms with Crippen molar-refractivity contribution in [3.8, 4) is 0 Å². The number of methoxy groups -OCH3 is 1. The number of rotatable bonds is 7. The second kappa shape index (κ2) is 15.2. The summed E-state index contributed by atoms with van der Waals surface area (Å²) < 4.78 is 65.0. The van der Waals surface area contributed by atoms with Crippen LogP contribution in [0, 0.1) is 17.6 Å². The smallest absolute Gasteiger partial charge is 0.475 e. The lowest BCUT2D eigenvalue weighted by Crippen LogP contribution is -2.50. The van der Waals surface area contributed by atoms with E-state index in [0.29, 0.717) is 36.2 Å². The Morgan fingerprint density at radius 1 is 0.953 bits per heavy atom. The van der Waals surface area contributed by atoms with Crippen LogP contribution in [0.25, 0.3) is 0 Å². The minimum atomic E-state index is -5.08. The van der Waals surface area contributed by atoms with Crippen molar-refractivity contribution in [3.05, 3.63) is 70.8 Å². The van der Waals surface area contributed by atoms with Gasteiger partial charge in [-0.15, -0.1) is 0 Å². The van der Waals surface area contributed by atoms with E-state index in [-0.39, 0.29) is 23.9 Å². The van der Waals surface area contributed by atoms with Gasteiger partial charge in [0, 0.05) is 56.5 Å². The number of piperidine rings is 2. The van der Waals surface area contributed by atoms with Gasteiger partial charge in [0.15, 0.2) is 0 Å². The van der Waals surface area contributed by atoms with Crippen LogP contribution >= 0.6 is 0 Å². The summed E-state index contributed by atoms with van der Waals surface area (Å²) in [6.07, 6.45) is -0.753. The molecule has 0 spiro atoms. The molecule has 2 amide bonds. The number of ether oxygens (including phenoxy) is 1. The zero-order valence-corrected chi connectivity index (χ0v) is 24.1. The van der Waals surface area contributed by atoms with Crippen molar-refractivity contribution in [3.63, 3.8) is 0 Å². The van der Waals surface area contributed by atoms with E-state index in [1.807, 2.05) is 4.90 Å². The second-order valence-corrected chi connectivity index (χ2v) is 10.7. The average Bonchev–Trinajstić information content (AvgIpc) is 2.98. The highest BCUT2D eigenvalue weighted by Crippen LogP contribution is 2.25. The summed E-state index contributed by atoms with van der Waals surface area (Å²) >= 11 is 0. The van der Waals surface area contributed by atoms with Crippen molar-refractivity contribution >= 4 is 17.8 Å². The minimum Gasteiger partial charge on any atom is -0.475 e. The van der Waals surface area contributed by atoms with Gasteiger partial charge >= 0.3 is 12.1 Å². The van der Waals surface area contributed by atoms with E-state index in [1.54, 1.807) is 31.4 Å². The molecule has 2 saturated heterocycles. The first-order chi connectivity index (χ1) is 20.3. The van der Waals surface area contributed by atoms with Crippen molar-refractivity contribution in [2.45, 2.75) is 44.4 Å². The number of hydrogen-bond acceptors (Lipinski definition) is 5. The summed E-state index contributed by atoms with van der Waals surface area (Å²) in [6.45, 7) is 4.24. The molecule has 0 aromatic heterocycles. The molecule has 4 rings (SSSR count). The van der Waals surface area contributed by atoms with Gasteiger partial charge in [-0.1, -0.05) is 6.07 Å². The number of carbonyl (C=O) groups excluding carboxylic acids is 2. The molecule has 1 atom stereocenters. The number of hydrogen-bond donors (Lipinski definition) is 1. The van der Waals surface area contributed by atoms with Gasteiger partial charge in [0.2, 0.25) is 0 Å². The second-order valence-electron chi connectivity index (χ2n) is 10.7. The van der Waals surface area contributed by atoms with Gasteiger partial charge in [-0.3, -0.25) is 14.5 Å². The van der Waals surface area contributed by atoms with Gasteiger partial charge in [0.1, 0.15) is 11.6 Å². The van der Waals surface area contributed by atoms with Crippen molar-refractivity contribution in [2.24, 2.45) is 5.92 Å². The molecule has 236 valence electrons. The monoisotopic (exact) mass is 613 g/mol. The van der Waals surface area contributed by atoms with Crippen molar-refractivity contribution in [2.75, 3.05) is 46.9 Å². The highest BCUT2D eigenvalue weighted by Gasteiger charge is 2.38. The summed E-state index contributed by atoms with van der Waals surface area (Å²) in [5.41, 5.74) is 0.744. The van der Waals surface area contributed by atoms with Crippen LogP contribution in [0.1, 0.15) is 52.0 Å². The van der Waals surface area contributed by atoms with Crippen LogP contribution in [0.2, 0.25) is 0 Å². The van der Waals surface area contributed by atoms with E-state index in [9.17, 15) is 31.5 Å². The zero-order valence-electron chi connectivity index (χ0n) is 24.1. The molecular formula is C30H36F5N3O5. The fourth-order valence-electron chi connectivity index (χ4n) is 5.39. The molecule has 2 aliphatic heterocycles. The van der Waals surface area contributed by atoms with Gasteiger partial charge in [-0.2, -0.15) is 13.2 Å². The molecule has 1 unspecified atom stereocenters. The number of carbonyl (C=O) groups is 3. The van der Waals surface area contributed by atoms with Crippen LogP contribution in [-0.2, 0) is 16.1 Å². The Balaban J connectivity index is 0.000000646. The molecule has 43 heavy (non-hydrogen) atoms. The van der Waals surface area contributed by atoms with Crippen molar-refractivity contribution in [1.29, 1.82) is 0 Å². The van der Waals surface area contributed by atoms with E-state index in [1.165, 1.54) is 43.0 Å². The minimum absolute atomic E-state index is 0.0369. The summed E-state index contributed by atoms with van der Waals surface area (Å²) in [7, 11) is 3.26. The molecule has 0 radical (unpaired) electrons. The van der Waals surface area contributed by atoms with Crippen LogP contribution in [0.3, 0.4) is 0 Å². The van der Waals surface area contributed by atoms with E-state index < -0.39 is 23.8 Å². The topological polar surface area (TPSA) is 90.4 Å². The number of nitrogens with zero attached hydrogens (tertiary/aromatic N) is 3. The molecule has 0 bridgehead atoms. The van der Waals surface area contributed by atoms with Gasteiger partial charge in [0.05, 0.1) is 13.2 Å². The van der Waals surface area contributed by atoms with Crippen LogP contribution in [0.15, 0.2) is 42.5 Å². The molecule has 2 aromatic carbocycles. The first-order valence-electron chi connectivity index (χ1n) is 13.9. The first kappa shape index (κ1) is 33.9. The number of halogens is 5. The number of benzene rings is 2. The Bertz CT molecular complexity index is 1230. The third-order valence-corrected chi connectivity index (χ3v) is 7.65. The molecule has 2 aromatic rings. The molecule has 2 aliphatic rings. The summed E-state index contributed by atoms with van der Waals surface area (Å²) in [4.78, 5) is 40.5. The molecule has 0 saturated carbocycles. The lowest BCUT2D eigenvalue weighted by Gasteiger charge is -2.42. The van der Waals surface area contributed by atoms with Crippen LogP contribution in [-0.4, -0.2) is 96.8 Å². The Hall–Kier alpha value is -3.58. The molecule has 8 nitrogen and oxygen atoms in total. The highest BCUT2D eigenvalue weighted by molar-refractivity contribution is 5.97. The number of aliphatic carboxylic acids is 1. The lowest BCUT2D eigenvalue weighted by molar-refractivity contribution is -0.192. The number of amides is 2. The summed E-state index contributed by atoms with van der Waals surface area (Å²) in [5, 5.41) is 7.12. The molecule has 2 fully saturated rings. The Kier molecular flexibility index (Phi) is 12.0. The maximum absolute atomic E-state index is 13.9. The van der Waals surface area contributed by atoms with Crippen LogP contribution in [0.4, 0.5) is 22.0 Å². The Labute approximate surface area is 247 Å². The van der Waals surface area contributed by atoms with E-state index in [2.05, 4.69) is 4.90 Å². The van der Waals surface area contributed by atoms with E-state index in [0.717, 1.165) is 32.5 Å². The number of carboxylic acids is 1. The summed E-state index contributed by atoms with van der Waals surface area (Å²) in [5.74, 6) is -3.94. The number of carboxylic acid groups (broad SMARTS) is 1. The fourth-order valence-corrected chi connectivity index (χ4v) is 5.39. The Morgan fingerprint density at radius 3 is 2.05 bits per heavy atom. The largest absolute Gasteiger partial charge is 0.490 e. The Morgan fingerprint density at radius 2 is 1.51 bits per heavy atom. The van der Waals surface area contributed by atoms with Crippen molar-refractivity contribution < 1.29 is 46.2 Å². The summed E-state index contributed by atoms with van der Waals surface area (Å²) in [6, 6.07) is 10.6. The van der Waals surface area contributed by atoms with Crippen LogP contribution in [0.5, 0.6) is 0 Å². The molecular weight excluding hydrogens is 577 g/mol. The quantitative estimate of drug-likeness (QED) is 0.450. The molecule has 1 N–H and O–H groups in total. The third-order valence-electron chi connectivity index (χ3n) is 7.65. The predicted molar refractivity (Wildman–Crippen MR) is 147 cm³/mol. The fraction of sp³-hybridized carbons (Fsp3) is 0.500. The molecule has 0 aliphatic carbocycles. The van der Waals surface area contributed by atoms with Crippen molar-refractivity contribution in [1.82, 2.24) is 14.7 Å². The van der Waals surface area contributed by atoms with E-state index >= 15 is 0 Å². The van der Waals surface area contributed by atoms with Crippen LogP contribution < -0.4 is 0 Å². The average molecular weight is 614 g/mol. The number of alkyl halides is 3. The maximum Gasteiger partial charge on any atom is 0.490 e. The highest BCUT2D eigenvalue weighted by atomic mass is 19.4.